The van der Waals surface area contributed by atoms with E-state index in [-0.39, 0.29) is 24.0 Å². The molecule has 0 radical (unpaired) electrons. The van der Waals surface area contributed by atoms with Gasteiger partial charge in [-0.3, -0.25) is 0 Å². The highest BCUT2D eigenvalue weighted by Crippen LogP contribution is 2.26. The third-order valence-corrected chi connectivity index (χ3v) is 5.25. The third-order valence-electron chi connectivity index (χ3n) is 4.89. The molecule has 0 spiro atoms. The lowest BCUT2D eigenvalue weighted by molar-refractivity contribution is -0.274. The van der Waals surface area contributed by atoms with E-state index >= 15 is 0 Å². The molecule has 1 aromatic carbocycles. The van der Waals surface area contributed by atoms with Crippen molar-refractivity contribution in [3.05, 3.63) is 24.3 Å². The molecule has 2 heterocycles. The summed E-state index contributed by atoms with van der Waals surface area (Å²) in [6, 6.07) is 5.56. The molecule has 0 aliphatic carbocycles. The maximum atomic E-state index is 12.2. The van der Waals surface area contributed by atoms with Crippen LogP contribution < -0.4 is 10.1 Å². The zero-order chi connectivity index (χ0) is 20.3. The molecule has 1 atom stereocenters. The number of nitrogens with one attached hydrogen (secondary N) is 1. The second kappa shape index (κ2) is 8.42. The van der Waals surface area contributed by atoms with Crippen molar-refractivity contribution in [1.82, 2.24) is 9.80 Å². The fourth-order valence-corrected chi connectivity index (χ4v) is 3.68. The highest BCUT2D eigenvalue weighted by Gasteiger charge is 2.37. The summed E-state index contributed by atoms with van der Waals surface area (Å²) in [5.74, 6) is -0.285. The Bertz CT molecular complexity index is 706. The van der Waals surface area contributed by atoms with Gasteiger partial charge in [-0.25, -0.2) is 4.79 Å². The molecule has 2 aliphatic heterocycles. The summed E-state index contributed by atoms with van der Waals surface area (Å²) in [6.45, 7) is 4.00. The van der Waals surface area contributed by atoms with Crippen LogP contribution in [0.25, 0.3) is 0 Å². The van der Waals surface area contributed by atoms with Gasteiger partial charge in [0.15, 0.2) is 5.11 Å². The van der Waals surface area contributed by atoms with Gasteiger partial charge in [-0.1, -0.05) is 6.92 Å². The lowest BCUT2D eigenvalue weighted by atomic mass is 10.0. The molecule has 10 heteroatoms. The Morgan fingerprint density at radius 3 is 2.46 bits per heavy atom. The van der Waals surface area contributed by atoms with Crippen LogP contribution in [0, 0.1) is 0 Å². The van der Waals surface area contributed by atoms with Gasteiger partial charge in [-0.15, -0.1) is 13.2 Å². The van der Waals surface area contributed by atoms with E-state index in [9.17, 15) is 18.0 Å². The first-order valence-electron chi connectivity index (χ1n) is 9.14. The first-order valence-corrected chi connectivity index (χ1v) is 9.55. The van der Waals surface area contributed by atoms with E-state index in [1.807, 2.05) is 11.8 Å². The topological polar surface area (TPSA) is 54.0 Å². The summed E-state index contributed by atoms with van der Waals surface area (Å²) < 4.78 is 45.8. The van der Waals surface area contributed by atoms with Crippen LogP contribution in [-0.2, 0) is 4.74 Å². The van der Waals surface area contributed by atoms with Gasteiger partial charge in [0.05, 0.1) is 6.54 Å². The third kappa shape index (κ3) is 5.18. The van der Waals surface area contributed by atoms with E-state index in [0.717, 1.165) is 19.3 Å². The lowest BCUT2D eigenvalue weighted by Gasteiger charge is -2.36. The highest BCUT2D eigenvalue weighted by molar-refractivity contribution is 7.80. The van der Waals surface area contributed by atoms with Crippen LogP contribution in [0.5, 0.6) is 5.75 Å². The fraction of sp³-hybridized carbons (Fsp3) is 0.556. The normalized spacial score (nSPS) is 20.9. The van der Waals surface area contributed by atoms with Gasteiger partial charge in [-0.2, -0.15) is 0 Å². The summed E-state index contributed by atoms with van der Waals surface area (Å²) in [7, 11) is 0. The minimum atomic E-state index is -4.71. The van der Waals surface area contributed by atoms with Crippen LogP contribution in [0.15, 0.2) is 24.3 Å². The van der Waals surface area contributed by atoms with E-state index in [4.69, 9.17) is 17.0 Å². The standard InChI is InChI=1S/C18H22F3N3O3S/c1-2-14-11-24(17(25)26-14)13-7-9-23(10-8-13)16(28)22-12-3-5-15(6-4-12)27-18(19,20)21/h3-6,13-14H,2,7-11H2,1H3,(H,22,28). The number of halogens is 3. The zero-order valence-corrected chi connectivity index (χ0v) is 16.2. The summed E-state index contributed by atoms with van der Waals surface area (Å²) in [5, 5.41) is 3.52. The molecule has 154 valence electrons. The number of thiocarbonyl (C=S) groups is 1. The molecule has 1 N–H and O–H groups in total. The average molecular weight is 417 g/mol. The van der Waals surface area contributed by atoms with Gasteiger partial charge in [-0.05, 0) is 55.7 Å². The molecule has 1 unspecified atom stereocenters. The molecule has 3 rings (SSSR count). The monoisotopic (exact) mass is 417 g/mol. The van der Waals surface area contributed by atoms with Crippen LogP contribution in [0.1, 0.15) is 26.2 Å². The number of carbonyl (C=O) groups excluding carboxylic acids is 1. The number of nitrogens with zero attached hydrogens (tertiary/aromatic N) is 2. The first-order chi connectivity index (χ1) is 13.2. The van der Waals surface area contributed by atoms with Crippen molar-refractivity contribution in [2.24, 2.45) is 0 Å². The Kier molecular flexibility index (Phi) is 6.17. The van der Waals surface area contributed by atoms with Crippen molar-refractivity contribution in [3.63, 3.8) is 0 Å². The minimum Gasteiger partial charge on any atom is -0.444 e. The predicted octanol–water partition coefficient (Wildman–Crippen LogP) is 3.98. The van der Waals surface area contributed by atoms with E-state index in [1.54, 1.807) is 4.90 Å². The van der Waals surface area contributed by atoms with Crippen molar-refractivity contribution in [2.75, 3.05) is 25.0 Å². The van der Waals surface area contributed by atoms with Crippen molar-refractivity contribution in [2.45, 2.75) is 44.7 Å². The van der Waals surface area contributed by atoms with Crippen molar-refractivity contribution in [1.29, 1.82) is 0 Å². The molecule has 0 saturated carbocycles. The molecule has 1 aromatic rings. The van der Waals surface area contributed by atoms with Crippen LogP contribution in [0.3, 0.4) is 0 Å². The molecule has 2 fully saturated rings. The number of piperidine rings is 1. The average Bonchev–Trinajstić information content (AvgIpc) is 3.03. The SMILES string of the molecule is CCC1CN(C2CCN(C(=S)Nc3ccc(OC(F)(F)F)cc3)CC2)C(=O)O1. The van der Waals surface area contributed by atoms with Gasteiger partial charge in [0.1, 0.15) is 11.9 Å². The van der Waals surface area contributed by atoms with Crippen LogP contribution >= 0.6 is 12.2 Å². The van der Waals surface area contributed by atoms with Crippen molar-refractivity contribution in [3.8, 4) is 5.75 Å². The number of carbonyl (C=O) groups is 1. The summed E-state index contributed by atoms with van der Waals surface area (Å²) >= 11 is 5.41. The number of benzene rings is 1. The van der Waals surface area contributed by atoms with Crippen molar-refractivity contribution >= 4 is 29.1 Å². The maximum Gasteiger partial charge on any atom is 0.573 e. The first kappa shape index (κ1) is 20.5. The van der Waals surface area contributed by atoms with E-state index in [2.05, 4.69) is 10.1 Å². The number of anilines is 1. The Labute approximate surface area is 166 Å². The Morgan fingerprint density at radius 1 is 1.29 bits per heavy atom. The van der Waals surface area contributed by atoms with Crippen LogP contribution in [0.4, 0.5) is 23.7 Å². The Morgan fingerprint density at radius 2 is 1.93 bits per heavy atom. The van der Waals surface area contributed by atoms with Crippen LogP contribution in [-0.4, -0.2) is 59.1 Å². The smallest absolute Gasteiger partial charge is 0.444 e. The Balaban J connectivity index is 1.48. The van der Waals surface area contributed by atoms with Crippen molar-refractivity contribution < 1.29 is 27.4 Å². The number of likely N-dealkylation sites (tertiary alicyclic amines) is 1. The Hall–Kier alpha value is -2.23. The summed E-state index contributed by atoms with van der Waals surface area (Å²) in [6.07, 6.45) is -2.61. The summed E-state index contributed by atoms with van der Waals surface area (Å²) in [5.41, 5.74) is 0.579. The van der Waals surface area contributed by atoms with E-state index in [0.29, 0.717) is 30.4 Å². The number of hydrogen-bond acceptors (Lipinski definition) is 4. The largest absolute Gasteiger partial charge is 0.573 e. The predicted molar refractivity (Wildman–Crippen MR) is 101 cm³/mol. The minimum absolute atomic E-state index is 0.0300. The summed E-state index contributed by atoms with van der Waals surface area (Å²) in [4.78, 5) is 15.8. The molecular weight excluding hydrogens is 395 g/mol. The molecule has 28 heavy (non-hydrogen) atoms. The number of alkyl halides is 3. The number of hydrogen-bond donors (Lipinski definition) is 1. The second-order valence-electron chi connectivity index (χ2n) is 6.79. The van der Waals surface area contributed by atoms with Gasteiger partial charge < -0.3 is 24.6 Å². The fourth-order valence-electron chi connectivity index (χ4n) is 3.38. The number of cyclic esters (lactones) is 1. The highest BCUT2D eigenvalue weighted by atomic mass is 32.1. The number of rotatable bonds is 4. The van der Waals surface area contributed by atoms with Gasteiger partial charge in [0, 0.05) is 24.8 Å². The molecule has 0 aromatic heterocycles. The molecule has 1 amide bonds. The maximum absolute atomic E-state index is 12.2. The second-order valence-corrected chi connectivity index (χ2v) is 7.17. The van der Waals surface area contributed by atoms with Gasteiger partial charge >= 0.3 is 12.5 Å². The molecule has 6 nitrogen and oxygen atoms in total. The van der Waals surface area contributed by atoms with Gasteiger partial charge in [0.25, 0.3) is 0 Å². The number of amides is 1. The zero-order valence-electron chi connectivity index (χ0n) is 15.4. The van der Waals surface area contributed by atoms with E-state index in [1.165, 1.54) is 24.3 Å². The molecule has 2 saturated heterocycles. The van der Waals surface area contributed by atoms with Crippen LogP contribution in [0.2, 0.25) is 0 Å². The molecule has 2 aliphatic rings. The quantitative estimate of drug-likeness (QED) is 0.748. The number of ether oxygens (including phenoxy) is 2. The van der Waals surface area contributed by atoms with E-state index < -0.39 is 6.36 Å². The molecular formula is C18H22F3N3O3S. The lowest BCUT2D eigenvalue weighted by Crippen LogP contribution is -2.48. The van der Waals surface area contributed by atoms with Gasteiger partial charge in [0.2, 0.25) is 0 Å². The molecule has 0 bridgehead atoms.